The summed E-state index contributed by atoms with van der Waals surface area (Å²) in [7, 11) is 0. The van der Waals surface area contributed by atoms with Crippen molar-refractivity contribution in [3.8, 4) is 0 Å². The van der Waals surface area contributed by atoms with Gasteiger partial charge in [-0.1, -0.05) is 26.8 Å². The number of fused-ring (bicyclic) bond motifs is 1. The molecule has 82 valence electrons. The van der Waals surface area contributed by atoms with Gasteiger partial charge in [-0.05, 0) is 17.5 Å². The van der Waals surface area contributed by atoms with E-state index in [0.29, 0.717) is 10.9 Å². The van der Waals surface area contributed by atoms with E-state index in [1.807, 2.05) is 6.07 Å². The van der Waals surface area contributed by atoms with Crippen LogP contribution < -0.4 is 5.32 Å². The highest BCUT2D eigenvalue weighted by atomic mass is 32.2. The zero-order valence-corrected chi connectivity index (χ0v) is 10.1. The highest BCUT2D eigenvalue weighted by Crippen LogP contribution is 2.42. The molecule has 0 amide bonds. The average Bonchev–Trinajstić information content (AvgIpc) is 2.16. The van der Waals surface area contributed by atoms with Gasteiger partial charge in [0, 0.05) is 16.7 Å². The van der Waals surface area contributed by atoms with Crippen molar-refractivity contribution in [1.82, 2.24) is 0 Å². The lowest BCUT2D eigenvalue weighted by Crippen LogP contribution is -2.33. The molecule has 1 atom stereocenters. The van der Waals surface area contributed by atoms with E-state index in [-0.39, 0.29) is 11.2 Å². The van der Waals surface area contributed by atoms with Crippen LogP contribution in [0.4, 0.5) is 10.1 Å². The van der Waals surface area contributed by atoms with Crippen molar-refractivity contribution in [3.05, 3.63) is 24.0 Å². The Morgan fingerprint density at radius 1 is 1.40 bits per heavy atom. The summed E-state index contributed by atoms with van der Waals surface area (Å²) in [4.78, 5) is 1.03. The first kappa shape index (κ1) is 10.8. The van der Waals surface area contributed by atoms with Crippen molar-refractivity contribution in [2.75, 3.05) is 11.9 Å². The van der Waals surface area contributed by atoms with Crippen molar-refractivity contribution in [1.29, 1.82) is 0 Å². The Morgan fingerprint density at radius 2 is 2.13 bits per heavy atom. The monoisotopic (exact) mass is 225 g/mol. The Morgan fingerprint density at radius 3 is 2.80 bits per heavy atom. The first-order valence-corrected chi connectivity index (χ1v) is 6.05. The number of anilines is 1. The second-order valence-corrected chi connectivity index (χ2v) is 6.21. The van der Waals surface area contributed by atoms with Crippen molar-refractivity contribution in [3.63, 3.8) is 0 Å². The number of benzene rings is 1. The Kier molecular flexibility index (Phi) is 2.67. The van der Waals surface area contributed by atoms with Crippen LogP contribution in [0.25, 0.3) is 0 Å². The van der Waals surface area contributed by atoms with E-state index in [1.165, 1.54) is 6.07 Å². The van der Waals surface area contributed by atoms with Gasteiger partial charge in [-0.25, -0.2) is 4.39 Å². The summed E-state index contributed by atoms with van der Waals surface area (Å²) in [5.41, 5.74) is 0.907. The quantitative estimate of drug-likeness (QED) is 0.721. The molecule has 0 spiro atoms. The maximum absolute atomic E-state index is 13.4. The molecule has 1 nitrogen and oxygen atoms in total. The molecule has 3 heteroatoms. The lowest BCUT2D eigenvalue weighted by molar-refractivity contribution is 0.401. The number of para-hydroxylation sites is 1. The van der Waals surface area contributed by atoms with E-state index in [9.17, 15) is 4.39 Å². The Balaban J connectivity index is 2.28. The number of rotatable bonds is 0. The van der Waals surface area contributed by atoms with Crippen LogP contribution >= 0.6 is 11.8 Å². The molecule has 0 fully saturated rings. The van der Waals surface area contributed by atoms with Crippen LogP contribution in [0, 0.1) is 11.2 Å². The summed E-state index contributed by atoms with van der Waals surface area (Å²) in [6.45, 7) is 7.49. The van der Waals surface area contributed by atoms with Gasteiger partial charge in [0.1, 0.15) is 5.82 Å². The predicted octanol–water partition coefficient (Wildman–Crippen LogP) is 3.76. The fraction of sp³-hybridized carbons (Fsp3) is 0.500. The largest absolute Gasteiger partial charge is 0.381 e. The van der Waals surface area contributed by atoms with Crippen LogP contribution in [-0.2, 0) is 0 Å². The molecule has 1 aromatic carbocycles. The summed E-state index contributed by atoms with van der Waals surface area (Å²) in [6.07, 6.45) is 0. The van der Waals surface area contributed by atoms with Gasteiger partial charge in [0.2, 0.25) is 0 Å². The molecule has 0 radical (unpaired) electrons. The van der Waals surface area contributed by atoms with Crippen molar-refractivity contribution in [2.45, 2.75) is 30.9 Å². The summed E-state index contributed by atoms with van der Waals surface area (Å²) in [6, 6.07) is 5.26. The molecule has 0 aliphatic carbocycles. The molecular weight excluding hydrogens is 209 g/mol. The molecule has 1 aromatic rings. The molecule has 1 unspecified atom stereocenters. The first-order chi connectivity index (χ1) is 6.98. The standard InChI is InChI=1S/C12H16FNS/c1-12(2,3)10-7-14-11-8(13)5-4-6-9(11)15-10/h4-6,10,14H,7H2,1-3H3. The minimum atomic E-state index is -0.146. The second-order valence-electron chi connectivity index (χ2n) is 4.97. The maximum Gasteiger partial charge on any atom is 0.147 e. The van der Waals surface area contributed by atoms with Crippen LogP contribution in [0.15, 0.2) is 23.1 Å². The van der Waals surface area contributed by atoms with E-state index < -0.39 is 0 Å². The normalized spacial score (nSPS) is 20.7. The van der Waals surface area contributed by atoms with Gasteiger partial charge >= 0.3 is 0 Å². The van der Waals surface area contributed by atoms with Gasteiger partial charge in [-0.3, -0.25) is 0 Å². The van der Waals surface area contributed by atoms with Gasteiger partial charge < -0.3 is 5.32 Å². The molecule has 0 bridgehead atoms. The molecule has 15 heavy (non-hydrogen) atoms. The molecule has 1 N–H and O–H groups in total. The van der Waals surface area contributed by atoms with Gasteiger partial charge in [-0.15, -0.1) is 11.8 Å². The topological polar surface area (TPSA) is 12.0 Å². The fourth-order valence-electron chi connectivity index (χ4n) is 1.65. The molecule has 1 heterocycles. The third-order valence-electron chi connectivity index (χ3n) is 2.67. The predicted molar refractivity (Wildman–Crippen MR) is 64.0 cm³/mol. The van der Waals surface area contributed by atoms with Gasteiger partial charge in [0.05, 0.1) is 5.69 Å². The molecular formula is C12H16FNS. The third kappa shape index (κ3) is 2.12. The number of hydrogen-bond acceptors (Lipinski definition) is 2. The SMILES string of the molecule is CC(C)(C)C1CNc2c(F)cccc2S1. The molecule has 1 aliphatic heterocycles. The molecule has 1 aliphatic rings. The Hall–Kier alpha value is -0.700. The van der Waals surface area contributed by atoms with E-state index in [1.54, 1.807) is 17.8 Å². The number of halogens is 1. The zero-order chi connectivity index (χ0) is 11.1. The van der Waals surface area contributed by atoms with Crippen LogP contribution in [0.2, 0.25) is 0 Å². The van der Waals surface area contributed by atoms with E-state index >= 15 is 0 Å². The van der Waals surface area contributed by atoms with E-state index in [2.05, 4.69) is 26.1 Å². The second kappa shape index (κ2) is 3.71. The van der Waals surface area contributed by atoms with Gasteiger partial charge in [0.25, 0.3) is 0 Å². The van der Waals surface area contributed by atoms with Crippen LogP contribution in [-0.4, -0.2) is 11.8 Å². The number of thioether (sulfide) groups is 1. The molecule has 2 rings (SSSR count). The summed E-state index contributed by atoms with van der Waals surface area (Å²) < 4.78 is 13.4. The highest BCUT2D eigenvalue weighted by molar-refractivity contribution is 8.00. The van der Waals surface area contributed by atoms with E-state index in [0.717, 1.165) is 11.4 Å². The van der Waals surface area contributed by atoms with E-state index in [4.69, 9.17) is 0 Å². The smallest absolute Gasteiger partial charge is 0.147 e. The van der Waals surface area contributed by atoms with Crippen LogP contribution in [0.5, 0.6) is 0 Å². The molecule has 0 saturated carbocycles. The minimum absolute atomic E-state index is 0.146. The van der Waals surface area contributed by atoms with Crippen molar-refractivity contribution < 1.29 is 4.39 Å². The number of nitrogens with one attached hydrogen (secondary N) is 1. The number of hydrogen-bond donors (Lipinski definition) is 1. The maximum atomic E-state index is 13.4. The first-order valence-electron chi connectivity index (χ1n) is 5.17. The molecule has 0 saturated heterocycles. The summed E-state index contributed by atoms with van der Waals surface area (Å²) in [5.74, 6) is -0.146. The lowest BCUT2D eigenvalue weighted by atomic mass is 9.91. The highest BCUT2D eigenvalue weighted by Gasteiger charge is 2.30. The summed E-state index contributed by atoms with van der Waals surface area (Å²) in [5, 5.41) is 3.68. The minimum Gasteiger partial charge on any atom is -0.381 e. The average molecular weight is 225 g/mol. The van der Waals surface area contributed by atoms with Crippen LogP contribution in [0.3, 0.4) is 0 Å². The molecule has 0 aromatic heterocycles. The van der Waals surface area contributed by atoms with Crippen molar-refractivity contribution in [2.24, 2.45) is 5.41 Å². The van der Waals surface area contributed by atoms with Gasteiger partial charge in [0.15, 0.2) is 0 Å². The van der Waals surface area contributed by atoms with Crippen LogP contribution in [0.1, 0.15) is 20.8 Å². The lowest BCUT2D eigenvalue weighted by Gasteiger charge is -2.34. The summed E-state index contributed by atoms with van der Waals surface area (Å²) >= 11 is 1.78. The van der Waals surface area contributed by atoms with Gasteiger partial charge in [-0.2, -0.15) is 0 Å². The third-order valence-corrected chi connectivity index (χ3v) is 4.43. The van der Waals surface area contributed by atoms with Crippen molar-refractivity contribution >= 4 is 17.4 Å². The fourth-order valence-corrected chi connectivity index (χ4v) is 2.92. The Labute approximate surface area is 94.5 Å². The zero-order valence-electron chi connectivity index (χ0n) is 9.30. The Bertz CT molecular complexity index is 370.